The maximum atomic E-state index is 12.8. The van der Waals surface area contributed by atoms with Crippen molar-refractivity contribution >= 4 is 17.6 Å². The number of anilines is 1. The molecule has 1 saturated carbocycles. The van der Waals surface area contributed by atoms with E-state index >= 15 is 0 Å². The minimum atomic E-state index is -0.423. The van der Waals surface area contributed by atoms with Gasteiger partial charge < -0.3 is 15.5 Å². The van der Waals surface area contributed by atoms with Crippen LogP contribution in [0.2, 0.25) is 0 Å². The van der Waals surface area contributed by atoms with Crippen molar-refractivity contribution < 1.29 is 9.59 Å². The Morgan fingerprint density at radius 3 is 2.82 bits per heavy atom. The van der Waals surface area contributed by atoms with E-state index in [-0.39, 0.29) is 11.9 Å². The Bertz CT molecular complexity index is 940. The third-order valence-corrected chi connectivity index (χ3v) is 5.72. The van der Waals surface area contributed by atoms with Crippen LogP contribution in [0.5, 0.6) is 0 Å². The topological polar surface area (TPSA) is 87.2 Å². The second kappa shape index (κ2) is 6.89. The highest BCUT2D eigenvalue weighted by molar-refractivity contribution is 6.03. The van der Waals surface area contributed by atoms with Crippen LogP contribution in [0.25, 0.3) is 0 Å². The highest BCUT2D eigenvalue weighted by Crippen LogP contribution is 2.38. The zero-order valence-electron chi connectivity index (χ0n) is 16.5. The summed E-state index contributed by atoms with van der Waals surface area (Å²) in [6.07, 6.45) is 2.97. The summed E-state index contributed by atoms with van der Waals surface area (Å²) >= 11 is 0. The molecule has 1 aliphatic heterocycles. The van der Waals surface area contributed by atoms with Crippen LogP contribution < -0.4 is 10.6 Å². The predicted molar refractivity (Wildman–Crippen MR) is 106 cm³/mol. The van der Waals surface area contributed by atoms with Gasteiger partial charge in [-0.2, -0.15) is 0 Å². The molecular formula is C21H25N5O2. The molecule has 7 nitrogen and oxygen atoms in total. The molecule has 7 heteroatoms. The van der Waals surface area contributed by atoms with Gasteiger partial charge in [0.15, 0.2) is 0 Å². The Morgan fingerprint density at radius 1 is 1.29 bits per heavy atom. The van der Waals surface area contributed by atoms with Crippen molar-refractivity contribution in [2.45, 2.75) is 44.6 Å². The number of hydrogen-bond acceptors (Lipinski definition) is 4. The highest BCUT2D eigenvalue weighted by atomic mass is 16.2. The first kappa shape index (κ1) is 18.4. The van der Waals surface area contributed by atoms with Gasteiger partial charge in [-0.05, 0) is 56.9 Å². The van der Waals surface area contributed by atoms with Crippen molar-refractivity contribution in [1.29, 1.82) is 0 Å². The average molecular weight is 379 g/mol. The van der Waals surface area contributed by atoms with Crippen molar-refractivity contribution in [3.05, 3.63) is 53.1 Å². The van der Waals surface area contributed by atoms with Crippen LogP contribution in [0.3, 0.4) is 0 Å². The van der Waals surface area contributed by atoms with Crippen molar-refractivity contribution in [2.24, 2.45) is 0 Å². The van der Waals surface area contributed by atoms with Crippen LogP contribution in [0.1, 0.15) is 59.7 Å². The van der Waals surface area contributed by atoms with Gasteiger partial charge in [-0.15, -0.1) is 0 Å². The summed E-state index contributed by atoms with van der Waals surface area (Å²) < 4.78 is 0. The van der Waals surface area contributed by atoms with Gasteiger partial charge in [-0.1, -0.05) is 12.1 Å². The molecule has 0 radical (unpaired) electrons. The molecule has 2 aliphatic rings. The molecule has 2 heterocycles. The van der Waals surface area contributed by atoms with Crippen molar-refractivity contribution in [3.8, 4) is 0 Å². The van der Waals surface area contributed by atoms with E-state index in [1.165, 1.54) is 0 Å². The first-order valence-corrected chi connectivity index (χ1v) is 9.66. The van der Waals surface area contributed by atoms with Crippen LogP contribution >= 0.6 is 0 Å². The molecule has 1 aromatic heterocycles. The van der Waals surface area contributed by atoms with Gasteiger partial charge in [0.1, 0.15) is 11.5 Å². The maximum Gasteiger partial charge on any atom is 0.317 e. The standard InChI is InChI=1S/C21H25N5O2/c1-13-11-17(25-18(23-13)14-7-8-14)19(27)24-16-6-4-5-15(12-16)21(2)9-10-22-20(28)26(21)3/h4-6,11-12,14H,7-10H2,1-3H3,(H,22,28)(H,24,27). The first-order chi connectivity index (χ1) is 13.4. The predicted octanol–water partition coefficient (Wildman–Crippen LogP) is 3.18. The van der Waals surface area contributed by atoms with Crippen LogP contribution in [-0.4, -0.2) is 40.4 Å². The lowest BCUT2D eigenvalue weighted by Crippen LogP contribution is -2.55. The Kier molecular flexibility index (Phi) is 4.53. The normalized spacial score (nSPS) is 22.0. The lowest BCUT2D eigenvalue weighted by Gasteiger charge is -2.43. The number of hydrogen-bond donors (Lipinski definition) is 2. The summed E-state index contributed by atoms with van der Waals surface area (Å²) in [5, 5.41) is 5.80. The fourth-order valence-corrected chi connectivity index (χ4v) is 3.62. The molecule has 2 fully saturated rings. The zero-order chi connectivity index (χ0) is 19.9. The number of rotatable bonds is 4. The number of benzene rings is 1. The lowest BCUT2D eigenvalue weighted by molar-refractivity contribution is 0.102. The molecule has 3 amide bonds. The second-order valence-corrected chi connectivity index (χ2v) is 7.88. The van der Waals surface area contributed by atoms with Crippen molar-refractivity contribution in [2.75, 3.05) is 18.9 Å². The highest BCUT2D eigenvalue weighted by Gasteiger charge is 2.37. The van der Waals surface area contributed by atoms with Gasteiger partial charge in [0.05, 0.1) is 5.54 Å². The van der Waals surface area contributed by atoms with E-state index in [0.717, 1.165) is 36.3 Å². The van der Waals surface area contributed by atoms with Crippen LogP contribution in [0, 0.1) is 6.92 Å². The minimum Gasteiger partial charge on any atom is -0.338 e. The Balaban J connectivity index is 1.57. The molecule has 1 aromatic carbocycles. The van der Waals surface area contributed by atoms with Crippen LogP contribution in [-0.2, 0) is 5.54 Å². The summed E-state index contributed by atoms with van der Waals surface area (Å²) in [5.74, 6) is 0.911. The molecule has 0 spiro atoms. The van der Waals surface area contributed by atoms with E-state index < -0.39 is 5.54 Å². The van der Waals surface area contributed by atoms with E-state index in [0.29, 0.717) is 23.8 Å². The van der Waals surface area contributed by atoms with E-state index in [1.54, 1.807) is 18.0 Å². The van der Waals surface area contributed by atoms with E-state index in [1.807, 2.05) is 38.1 Å². The molecule has 28 heavy (non-hydrogen) atoms. The second-order valence-electron chi connectivity index (χ2n) is 7.88. The lowest BCUT2D eigenvalue weighted by atomic mass is 9.85. The molecule has 146 valence electrons. The average Bonchev–Trinajstić information content (AvgIpc) is 3.51. The number of aryl methyl sites for hydroxylation is 1. The van der Waals surface area contributed by atoms with Gasteiger partial charge in [0, 0.05) is 30.9 Å². The summed E-state index contributed by atoms with van der Waals surface area (Å²) in [6.45, 7) is 4.55. The van der Waals surface area contributed by atoms with Crippen molar-refractivity contribution in [1.82, 2.24) is 20.2 Å². The summed E-state index contributed by atoms with van der Waals surface area (Å²) in [5.41, 5.74) is 2.44. The molecular weight excluding hydrogens is 354 g/mol. The molecule has 4 rings (SSSR count). The van der Waals surface area contributed by atoms with Gasteiger partial charge in [-0.3, -0.25) is 4.79 Å². The zero-order valence-corrected chi connectivity index (χ0v) is 16.5. The fourth-order valence-electron chi connectivity index (χ4n) is 3.62. The molecule has 1 aliphatic carbocycles. The summed E-state index contributed by atoms with van der Waals surface area (Å²) in [7, 11) is 1.79. The number of aromatic nitrogens is 2. The molecule has 1 atom stereocenters. The number of carbonyl (C=O) groups is 2. The molecule has 1 saturated heterocycles. The van der Waals surface area contributed by atoms with Gasteiger partial charge >= 0.3 is 6.03 Å². The SMILES string of the molecule is Cc1cc(C(=O)Nc2cccc(C3(C)CCNC(=O)N3C)c2)nc(C2CC2)n1. The quantitative estimate of drug-likeness (QED) is 0.854. The summed E-state index contributed by atoms with van der Waals surface area (Å²) in [6, 6.07) is 9.30. The Morgan fingerprint density at radius 2 is 2.07 bits per heavy atom. The van der Waals surface area contributed by atoms with E-state index in [4.69, 9.17) is 0 Å². The van der Waals surface area contributed by atoms with Crippen LogP contribution in [0.4, 0.5) is 10.5 Å². The van der Waals surface area contributed by atoms with Gasteiger partial charge in [-0.25, -0.2) is 14.8 Å². The van der Waals surface area contributed by atoms with Gasteiger partial charge in [0.25, 0.3) is 5.91 Å². The Hall–Kier alpha value is -2.96. The molecule has 0 bridgehead atoms. The monoisotopic (exact) mass is 379 g/mol. The maximum absolute atomic E-state index is 12.8. The van der Waals surface area contributed by atoms with Crippen LogP contribution in [0.15, 0.2) is 30.3 Å². The number of nitrogens with one attached hydrogen (secondary N) is 2. The third-order valence-electron chi connectivity index (χ3n) is 5.72. The smallest absolute Gasteiger partial charge is 0.317 e. The van der Waals surface area contributed by atoms with Gasteiger partial charge in [0.2, 0.25) is 0 Å². The number of urea groups is 1. The fraction of sp³-hybridized carbons (Fsp3) is 0.429. The van der Waals surface area contributed by atoms with Crippen molar-refractivity contribution in [3.63, 3.8) is 0 Å². The molecule has 1 unspecified atom stereocenters. The van der Waals surface area contributed by atoms with E-state index in [9.17, 15) is 9.59 Å². The minimum absolute atomic E-state index is 0.0905. The summed E-state index contributed by atoms with van der Waals surface area (Å²) in [4.78, 5) is 35.5. The first-order valence-electron chi connectivity index (χ1n) is 9.66. The van der Waals surface area contributed by atoms with E-state index in [2.05, 4.69) is 20.6 Å². The molecule has 2 N–H and O–H groups in total. The Labute approximate surface area is 164 Å². The largest absolute Gasteiger partial charge is 0.338 e. The third kappa shape index (κ3) is 3.44. The number of amides is 3. The number of nitrogens with zero attached hydrogens (tertiary/aromatic N) is 3. The molecule has 2 aromatic rings. The number of carbonyl (C=O) groups excluding carboxylic acids is 2.